The van der Waals surface area contributed by atoms with Gasteiger partial charge in [-0.15, -0.1) is 0 Å². The van der Waals surface area contributed by atoms with Gasteiger partial charge in [-0.3, -0.25) is 0 Å². The van der Waals surface area contributed by atoms with Crippen molar-refractivity contribution in [2.45, 2.75) is 6.92 Å². The van der Waals surface area contributed by atoms with E-state index in [-0.39, 0.29) is 6.03 Å². The quantitative estimate of drug-likeness (QED) is 0.767. The van der Waals surface area contributed by atoms with Crippen LogP contribution in [-0.4, -0.2) is 22.9 Å². The molecule has 0 spiro atoms. The first-order valence-electron chi connectivity index (χ1n) is 7.49. The maximum absolute atomic E-state index is 12.0. The summed E-state index contributed by atoms with van der Waals surface area (Å²) in [7, 11) is 1.60. The standard InChI is InChI=1S/C18H18N4O2/c1-13-11-12-22(21-13)16-7-3-14(4-8-16)19-18(23)20-15-5-9-17(24-2)10-6-15/h3-12H,1-2H3,(H2,19,20,23). The molecule has 3 rings (SSSR count). The lowest BCUT2D eigenvalue weighted by atomic mass is 10.3. The molecule has 0 aliphatic rings. The number of amides is 2. The predicted octanol–water partition coefficient (Wildman–Crippen LogP) is 3.83. The highest BCUT2D eigenvalue weighted by Crippen LogP contribution is 2.16. The van der Waals surface area contributed by atoms with E-state index in [0.717, 1.165) is 17.1 Å². The van der Waals surface area contributed by atoms with Crippen molar-refractivity contribution >= 4 is 17.4 Å². The van der Waals surface area contributed by atoms with Crippen LogP contribution in [0.1, 0.15) is 5.69 Å². The van der Waals surface area contributed by atoms with Gasteiger partial charge in [0.2, 0.25) is 0 Å². The van der Waals surface area contributed by atoms with Crippen LogP contribution in [0.25, 0.3) is 5.69 Å². The van der Waals surface area contributed by atoms with Crippen LogP contribution in [0.3, 0.4) is 0 Å². The summed E-state index contributed by atoms with van der Waals surface area (Å²) >= 11 is 0. The number of nitrogens with one attached hydrogen (secondary N) is 2. The summed E-state index contributed by atoms with van der Waals surface area (Å²) in [5.41, 5.74) is 3.28. The molecule has 0 saturated heterocycles. The van der Waals surface area contributed by atoms with Gasteiger partial charge in [-0.25, -0.2) is 9.48 Å². The van der Waals surface area contributed by atoms with Crippen LogP contribution in [-0.2, 0) is 0 Å². The van der Waals surface area contributed by atoms with Gasteiger partial charge in [0.15, 0.2) is 0 Å². The summed E-state index contributed by atoms with van der Waals surface area (Å²) in [6, 6.07) is 16.2. The van der Waals surface area contributed by atoms with Gasteiger partial charge in [0.25, 0.3) is 0 Å². The molecule has 0 unspecified atom stereocenters. The molecule has 0 saturated carbocycles. The van der Waals surface area contributed by atoms with Gasteiger partial charge in [-0.2, -0.15) is 5.10 Å². The van der Waals surface area contributed by atoms with E-state index in [4.69, 9.17) is 4.74 Å². The zero-order valence-electron chi connectivity index (χ0n) is 13.5. The lowest BCUT2D eigenvalue weighted by molar-refractivity contribution is 0.262. The van der Waals surface area contributed by atoms with Crippen molar-refractivity contribution < 1.29 is 9.53 Å². The van der Waals surface area contributed by atoms with Gasteiger partial charge in [-0.05, 0) is 61.5 Å². The number of ether oxygens (including phenoxy) is 1. The zero-order chi connectivity index (χ0) is 16.9. The first-order chi connectivity index (χ1) is 11.6. The average Bonchev–Trinajstić information content (AvgIpc) is 3.02. The Kier molecular flexibility index (Phi) is 4.47. The highest BCUT2D eigenvalue weighted by Gasteiger charge is 2.04. The molecule has 2 N–H and O–H groups in total. The summed E-state index contributed by atoms with van der Waals surface area (Å²) in [5, 5.41) is 9.91. The molecule has 3 aromatic rings. The number of aromatic nitrogens is 2. The molecule has 1 heterocycles. The van der Waals surface area contributed by atoms with Crippen molar-refractivity contribution in [2.24, 2.45) is 0 Å². The van der Waals surface area contributed by atoms with E-state index in [9.17, 15) is 4.79 Å². The van der Waals surface area contributed by atoms with Crippen molar-refractivity contribution in [3.8, 4) is 11.4 Å². The molecule has 24 heavy (non-hydrogen) atoms. The van der Waals surface area contributed by atoms with E-state index in [0.29, 0.717) is 11.4 Å². The molecule has 6 nitrogen and oxygen atoms in total. The molecule has 2 amide bonds. The molecule has 6 heteroatoms. The Labute approximate surface area is 140 Å². The van der Waals surface area contributed by atoms with Crippen molar-refractivity contribution in [2.75, 3.05) is 17.7 Å². The maximum atomic E-state index is 12.0. The Bertz CT molecular complexity index is 823. The Morgan fingerprint density at radius 1 is 0.958 bits per heavy atom. The monoisotopic (exact) mass is 322 g/mol. The van der Waals surface area contributed by atoms with Gasteiger partial charge < -0.3 is 15.4 Å². The second-order valence-electron chi connectivity index (χ2n) is 5.26. The number of hydrogen-bond acceptors (Lipinski definition) is 3. The summed E-state index contributed by atoms with van der Waals surface area (Å²) in [6.07, 6.45) is 1.90. The molecule has 0 aliphatic carbocycles. The summed E-state index contributed by atoms with van der Waals surface area (Å²) in [5.74, 6) is 0.741. The highest BCUT2D eigenvalue weighted by molar-refractivity contribution is 5.99. The number of aryl methyl sites for hydroxylation is 1. The largest absolute Gasteiger partial charge is 0.497 e. The van der Waals surface area contributed by atoms with Crippen LogP contribution in [0.4, 0.5) is 16.2 Å². The Morgan fingerprint density at radius 2 is 1.54 bits per heavy atom. The molecule has 122 valence electrons. The number of anilines is 2. The van der Waals surface area contributed by atoms with Crippen molar-refractivity contribution in [3.63, 3.8) is 0 Å². The average molecular weight is 322 g/mol. The first-order valence-corrected chi connectivity index (χ1v) is 7.49. The second-order valence-corrected chi connectivity index (χ2v) is 5.26. The lowest BCUT2D eigenvalue weighted by Gasteiger charge is -2.09. The van der Waals surface area contributed by atoms with Crippen LogP contribution in [0, 0.1) is 6.92 Å². The van der Waals surface area contributed by atoms with E-state index in [1.807, 2.05) is 43.5 Å². The number of urea groups is 1. The number of hydrogen-bond donors (Lipinski definition) is 2. The van der Waals surface area contributed by atoms with Gasteiger partial charge in [-0.1, -0.05) is 0 Å². The Morgan fingerprint density at radius 3 is 2.04 bits per heavy atom. The molecular weight excluding hydrogens is 304 g/mol. The summed E-state index contributed by atoms with van der Waals surface area (Å²) in [6.45, 7) is 1.94. The Balaban J connectivity index is 1.61. The summed E-state index contributed by atoms with van der Waals surface area (Å²) < 4.78 is 6.87. The number of carbonyl (C=O) groups excluding carboxylic acids is 1. The number of rotatable bonds is 4. The maximum Gasteiger partial charge on any atom is 0.323 e. The molecule has 0 bridgehead atoms. The second kappa shape index (κ2) is 6.87. The van der Waals surface area contributed by atoms with E-state index in [2.05, 4.69) is 15.7 Å². The Hall–Kier alpha value is -3.28. The van der Waals surface area contributed by atoms with Crippen LogP contribution in [0.5, 0.6) is 5.75 Å². The molecule has 0 aliphatic heterocycles. The van der Waals surface area contributed by atoms with Crippen molar-refractivity contribution in [1.82, 2.24) is 9.78 Å². The van der Waals surface area contributed by atoms with E-state index in [1.165, 1.54) is 0 Å². The van der Waals surface area contributed by atoms with Crippen LogP contribution in [0.2, 0.25) is 0 Å². The molecule has 2 aromatic carbocycles. The number of methoxy groups -OCH3 is 1. The number of benzene rings is 2. The van der Waals surface area contributed by atoms with E-state index < -0.39 is 0 Å². The number of nitrogens with zero attached hydrogens (tertiary/aromatic N) is 2. The first kappa shape index (κ1) is 15.6. The minimum atomic E-state index is -0.303. The molecular formula is C18H18N4O2. The minimum Gasteiger partial charge on any atom is -0.497 e. The highest BCUT2D eigenvalue weighted by atomic mass is 16.5. The van der Waals surface area contributed by atoms with Crippen LogP contribution < -0.4 is 15.4 Å². The molecule has 1 aromatic heterocycles. The van der Waals surface area contributed by atoms with Crippen LogP contribution >= 0.6 is 0 Å². The topological polar surface area (TPSA) is 68.2 Å². The van der Waals surface area contributed by atoms with Crippen molar-refractivity contribution in [3.05, 3.63) is 66.5 Å². The molecule has 0 fully saturated rings. The summed E-state index contributed by atoms with van der Waals surface area (Å²) in [4.78, 5) is 12.0. The van der Waals surface area contributed by atoms with E-state index >= 15 is 0 Å². The fraction of sp³-hybridized carbons (Fsp3) is 0.111. The van der Waals surface area contributed by atoms with Gasteiger partial charge in [0.1, 0.15) is 5.75 Å². The third-order valence-corrected chi connectivity index (χ3v) is 3.46. The third kappa shape index (κ3) is 3.73. The van der Waals surface area contributed by atoms with Crippen LogP contribution in [0.15, 0.2) is 60.8 Å². The zero-order valence-corrected chi connectivity index (χ0v) is 13.5. The van der Waals surface area contributed by atoms with Gasteiger partial charge >= 0.3 is 6.03 Å². The fourth-order valence-electron chi connectivity index (χ4n) is 2.22. The van der Waals surface area contributed by atoms with Gasteiger partial charge in [0, 0.05) is 17.6 Å². The number of carbonyl (C=O) groups is 1. The van der Waals surface area contributed by atoms with E-state index in [1.54, 1.807) is 36.1 Å². The van der Waals surface area contributed by atoms with Gasteiger partial charge in [0.05, 0.1) is 18.5 Å². The lowest BCUT2D eigenvalue weighted by Crippen LogP contribution is -2.19. The minimum absolute atomic E-state index is 0.303. The molecule has 0 radical (unpaired) electrons. The third-order valence-electron chi connectivity index (χ3n) is 3.46. The predicted molar refractivity (Wildman–Crippen MR) is 93.9 cm³/mol. The SMILES string of the molecule is COc1ccc(NC(=O)Nc2ccc(-n3ccc(C)n3)cc2)cc1. The fourth-order valence-corrected chi connectivity index (χ4v) is 2.22. The van der Waals surface area contributed by atoms with Crippen molar-refractivity contribution in [1.29, 1.82) is 0 Å². The normalized spacial score (nSPS) is 10.2. The molecule has 0 atom stereocenters. The smallest absolute Gasteiger partial charge is 0.323 e.